The van der Waals surface area contributed by atoms with E-state index >= 15 is 0 Å². The monoisotopic (exact) mass is 457 g/mol. The SMILES string of the molecule is CC(C)(C)CC(C)(C)c1cc(CCCCC(=O)O)cc(-n2nc3ccc(Cl)cc3n2)c1O. The number of unbranched alkanes of at least 4 members (excludes halogenated alkanes) is 1. The molecular weight excluding hydrogens is 426 g/mol. The van der Waals surface area contributed by atoms with Gasteiger partial charge in [0.1, 0.15) is 22.5 Å². The van der Waals surface area contributed by atoms with Crippen LogP contribution in [0.1, 0.15) is 71.4 Å². The Morgan fingerprint density at radius 2 is 1.72 bits per heavy atom. The number of aromatic hydroxyl groups is 1. The van der Waals surface area contributed by atoms with Crippen LogP contribution < -0.4 is 0 Å². The highest BCUT2D eigenvalue weighted by Gasteiger charge is 2.31. The standard InChI is InChI=1S/C25H32ClN3O3/c1-24(2,3)15-25(4,5)18-12-16(8-6-7-9-22(30)31)13-21(23(18)32)29-27-19-11-10-17(26)14-20(19)28-29/h10-14,32H,6-9,15H2,1-5H3,(H,30,31). The third-order valence-corrected chi connectivity index (χ3v) is 5.75. The van der Waals surface area contributed by atoms with Crippen molar-refractivity contribution in [1.29, 1.82) is 0 Å². The van der Waals surface area contributed by atoms with Gasteiger partial charge in [-0.3, -0.25) is 4.79 Å². The number of aromatic nitrogens is 3. The molecule has 6 nitrogen and oxygen atoms in total. The van der Waals surface area contributed by atoms with Crippen LogP contribution in [0.4, 0.5) is 0 Å². The smallest absolute Gasteiger partial charge is 0.303 e. The number of aryl methyl sites for hydroxylation is 1. The number of phenols is 1. The summed E-state index contributed by atoms with van der Waals surface area (Å²) in [6.07, 6.45) is 3.10. The van der Waals surface area contributed by atoms with E-state index in [0.29, 0.717) is 34.6 Å². The Hall–Kier alpha value is -2.60. The first-order chi connectivity index (χ1) is 14.9. The Kier molecular flexibility index (Phi) is 6.84. The fraction of sp³-hybridized carbons (Fsp3) is 0.480. The van der Waals surface area contributed by atoms with E-state index in [2.05, 4.69) is 44.8 Å². The summed E-state index contributed by atoms with van der Waals surface area (Å²) >= 11 is 6.10. The Balaban J connectivity index is 2.07. The van der Waals surface area contributed by atoms with Crippen molar-refractivity contribution in [3.63, 3.8) is 0 Å². The van der Waals surface area contributed by atoms with Crippen LogP contribution in [0.15, 0.2) is 30.3 Å². The zero-order valence-electron chi connectivity index (χ0n) is 19.4. The van der Waals surface area contributed by atoms with Crippen molar-refractivity contribution in [3.8, 4) is 11.4 Å². The molecule has 0 aliphatic rings. The molecule has 32 heavy (non-hydrogen) atoms. The zero-order chi connectivity index (χ0) is 23.7. The lowest BCUT2D eigenvalue weighted by molar-refractivity contribution is -0.137. The molecule has 0 atom stereocenters. The van der Waals surface area contributed by atoms with Crippen molar-refractivity contribution in [2.75, 3.05) is 0 Å². The first-order valence-electron chi connectivity index (χ1n) is 11.0. The largest absolute Gasteiger partial charge is 0.505 e. The van der Waals surface area contributed by atoms with Crippen LogP contribution in [-0.4, -0.2) is 31.2 Å². The van der Waals surface area contributed by atoms with Gasteiger partial charge in [0.15, 0.2) is 0 Å². The van der Waals surface area contributed by atoms with Crippen molar-refractivity contribution in [2.24, 2.45) is 5.41 Å². The number of carbonyl (C=O) groups is 1. The highest BCUT2D eigenvalue weighted by molar-refractivity contribution is 6.31. The lowest BCUT2D eigenvalue weighted by Crippen LogP contribution is -2.25. The number of fused-ring (bicyclic) bond motifs is 1. The molecule has 1 heterocycles. The van der Waals surface area contributed by atoms with Gasteiger partial charge in [0.05, 0.1) is 0 Å². The molecule has 2 aromatic carbocycles. The number of halogens is 1. The van der Waals surface area contributed by atoms with E-state index in [4.69, 9.17) is 16.7 Å². The number of hydrogen-bond donors (Lipinski definition) is 2. The van der Waals surface area contributed by atoms with E-state index in [1.54, 1.807) is 18.2 Å². The Labute approximate surface area is 194 Å². The lowest BCUT2D eigenvalue weighted by atomic mass is 9.71. The maximum atomic E-state index is 11.3. The van der Waals surface area contributed by atoms with Crippen LogP contribution in [0.3, 0.4) is 0 Å². The van der Waals surface area contributed by atoms with Gasteiger partial charge in [-0.1, -0.05) is 52.3 Å². The van der Waals surface area contributed by atoms with Gasteiger partial charge < -0.3 is 10.2 Å². The first kappa shape index (κ1) is 24.1. The van der Waals surface area contributed by atoms with Crippen molar-refractivity contribution >= 4 is 28.6 Å². The summed E-state index contributed by atoms with van der Waals surface area (Å²) < 4.78 is 0. The van der Waals surface area contributed by atoms with E-state index in [1.165, 1.54) is 4.80 Å². The van der Waals surface area contributed by atoms with E-state index < -0.39 is 5.97 Å². The molecule has 172 valence electrons. The Morgan fingerprint density at radius 3 is 2.38 bits per heavy atom. The van der Waals surface area contributed by atoms with Gasteiger partial charge in [-0.15, -0.1) is 15.0 Å². The van der Waals surface area contributed by atoms with Crippen LogP contribution in [0.25, 0.3) is 16.7 Å². The average molecular weight is 458 g/mol. The normalized spacial score (nSPS) is 12.4. The van der Waals surface area contributed by atoms with Crippen molar-refractivity contribution in [1.82, 2.24) is 15.0 Å². The quantitative estimate of drug-likeness (QED) is 0.388. The number of carboxylic acid groups (broad SMARTS) is 1. The highest BCUT2D eigenvalue weighted by Crippen LogP contribution is 2.42. The van der Waals surface area contributed by atoms with Gasteiger partial charge in [-0.25, -0.2) is 0 Å². The van der Waals surface area contributed by atoms with E-state index in [9.17, 15) is 9.90 Å². The van der Waals surface area contributed by atoms with Gasteiger partial charge in [0, 0.05) is 17.0 Å². The molecule has 0 spiro atoms. The van der Waals surface area contributed by atoms with E-state index in [0.717, 1.165) is 24.0 Å². The van der Waals surface area contributed by atoms with Gasteiger partial charge in [-0.2, -0.15) is 0 Å². The van der Waals surface area contributed by atoms with Gasteiger partial charge in [0.2, 0.25) is 0 Å². The average Bonchev–Trinajstić information content (AvgIpc) is 3.06. The van der Waals surface area contributed by atoms with Crippen molar-refractivity contribution in [2.45, 2.75) is 72.1 Å². The van der Waals surface area contributed by atoms with Crippen LogP contribution in [0.5, 0.6) is 5.75 Å². The molecule has 1 aromatic heterocycles. The second kappa shape index (κ2) is 9.10. The maximum absolute atomic E-state index is 11.3. The molecule has 7 heteroatoms. The summed E-state index contributed by atoms with van der Waals surface area (Å²) in [5.41, 5.74) is 3.52. The molecular formula is C25H32ClN3O3. The van der Waals surface area contributed by atoms with Crippen LogP contribution in [0.2, 0.25) is 5.02 Å². The molecule has 0 saturated heterocycles. The molecule has 0 fully saturated rings. The summed E-state index contributed by atoms with van der Waals surface area (Å²) in [4.78, 5) is 12.3. The molecule has 3 rings (SSSR count). The fourth-order valence-corrected chi connectivity index (χ4v) is 4.68. The molecule has 0 unspecified atom stereocenters. The number of rotatable bonds is 8. The minimum absolute atomic E-state index is 0.0724. The molecule has 3 aromatic rings. The van der Waals surface area contributed by atoms with Gasteiger partial charge >= 0.3 is 5.97 Å². The maximum Gasteiger partial charge on any atom is 0.303 e. The van der Waals surface area contributed by atoms with Crippen LogP contribution in [0, 0.1) is 5.41 Å². The predicted molar refractivity (Wildman–Crippen MR) is 128 cm³/mol. The molecule has 0 aliphatic carbocycles. The Bertz CT molecular complexity index is 1130. The summed E-state index contributed by atoms with van der Waals surface area (Å²) in [7, 11) is 0. The first-order valence-corrected chi connectivity index (χ1v) is 11.3. The molecule has 0 radical (unpaired) electrons. The van der Waals surface area contributed by atoms with Crippen LogP contribution in [-0.2, 0) is 16.6 Å². The second-order valence-corrected chi connectivity index (χ2v) is 10.8. The molecule has 0 saturated carbocycles. The van der Waals surface area contributed by atoms with Crippen molar-refractivity contribution < 1.29 is 15.0 Å². The zero-order valence-corrected chi connectivity index (χ0v) is 20.2. The third-order valence-electron chi connectivity index (χ3n) is 5.51. The minimum atomic E-state index is -0.783. The van der Waals surface area contributed by atoms with E-state index in [1.807, 2.05) is 12.1 Å². The summed E-state index contributed by atoms with van der Waals surface area (Å²) in [5.74, 6) is -0.616. The number of nitrogens with zero attached hydrogens (tertiary/aromatic N) is 3. The number of aliphatic carboxylic acids is 1. The van der Waals surface area contributed by atoms with E-state index in [-0.39, 0.29) is 23.0 Å². The van der Waals surface area contributed by atoms with Crippen LogP contribution >= 0.6 is 11.6 Å². The summed E-state index contributed by atoms with van der Waals surface area (Å²) in [5, 5.41) is 29.9. The molecule has 0 amide bonds. The molecule has 0 bridgehead atoms. The predicted octanol–water partition coefficient (Wildman–Crippen LogP) is 6.29. The lowest BCUT2D eigenvalue weighted by Gasteiger charge is -2.34. The Morgan fingerprint density at radius 1 is 1.03 bits per heavy atom. The topological polar surface area (TPSA) is 88.2 Å². The van der Waals surface area contributed by atoms with Gasteiger partial charge in [-0.05, 0) is 66.3 Å². The highest BCUT2D eigenvalue weighted by atomic mass is 35.5. The molecule has 0 aliphatic heterocycles. The third kappa shape index (κ3) is 5.80. The number of phenolic OH excluding ortho intramolecular Hbond substituents is 1. The summed E-state index contributed by atoms with van der Waals surface area (Å²) in [6.45, 7) is 10.8. The number of hydrogen-bond acceptors (Lipinski definition) is 4. The fourth-order valence-electron chi connectivity index (χ4n) is 4.51. The summed E-state index contributed by atoms with van der Waals surface area (Å²) in [6, 6.07) is 9.26. The second-order valence-electron chi connectivity index (χ2n) is 10.4. The minimum Gasteiger partial charge on any atom is -0.505 e. The number of carboxylic acids is 1. The van der Waals surface area contributed by atoms with Crippen molar-refractivity contribution in [3.05, 3.63) is 46.5 Å². The number of benzene rings is 2. The van der Waals surface area contributed by atoms with Gasteiger partial charge in [0.25, 0.3) is 0 Å². The molecule has 2 N–H and O–H groups in total.